The maximum atomic E-state index is 13.7. The molecule has 0 atom stereocenters. The lowest BCUT2D eigenvalue weighted by atomic mass is 10.0. The molecule has 0 fully saturated rings. The number of benzene rings is 2. The molecule has 0 N–H and O–H groups in total. The predicted molar refractivity (Wildman–Crippen MR) is 128 cm³/mol. The highest BCUT2D eigenvalue weighted by molar-refractivity contribution is 7.13. The molecule has 2 aromatic heterocycles. The minimum Gasteiger partial charge on any atom is -0.294 e. The van der Waals surface area contributed by atoms with E-state index in [0.29, 0.717) is 27.5 Å². The predicted octanol–water partition coefficient (Wildman–Crippen LogP) is 6.25. The van der Waals surface area contributed by atoms with Gasteiger partial charge in [-0.3, -0.25) is 14.2 Å². The lowest BCUT2D eigenvalue weighted by Gasteiger charge is -2.16. The van der Waals surface area contributed by atoms with Crippen LogP contribution in [0.4, 0.5) is 0 Å². The Morgan fingerprint density at radius 2 is 1.61 bits per heavy atom. The van der Waals surface area contributed by atoms with Crippen molar-refractivity contribution in [1.82, 2.24) is 9.55 Å². The first-order valence-electron chi connectivity index (χ1n) is 9.98. The van der Waals surface area contributed by atoms with Gasteiger partial charge in [0.15, 0.2) is 5.78 Å². The van der Waals surface area contributed by atoms with Crippen molar-refractivity contribution in [3.63, 3.8) is 0 Å². The van der Waals surface area contributed by atoms with Crippen molar-refractivity contribution in [2.45, 2.75) is 20.8 Å². The number of rotatable bonds is 5. The number of thiazole rings is 1. The molecule has 0 radical (unpaired) electrons. The van der Waals surface area contributed by atoms with Gasteiger partial charge in [0.1, 0.15) is 5.01 Å². The van der Waals surface area contributed by atoms with Crippen LogP contribution in [0.1, 0.15) is 36.8 Å². The minimum atomic E-state index is -0.197. The standard InChI is InChI=1S/C26H22N2O2S/c1-17(2)14-24-21(18(3)29)15-22(26(30)28(24)20-12-8-5-9-13-20)25-27-23(16-31-25)19-10-6-4-7-11-19/h4-16H,1-3H3. The number of hydrogen-bond donors (Lipinski definition) is 0. The van der Waals surface area contributed by atoms with E-state index in [1.54, 1.807) is 10.6 Å². The summed E-state index contributed by atoms with van der Waals surface area (Å²) in [5.41, 5.74) is 4.82. The molecule has 4 aromatic rings. The summed E-state index contributed by atoms with van der Waals surface area (Å²) in [5.74, 6) is -0.0988. The number of Topliss-reactive ketones (excluding diaryl/α,β-unsaturated/α-hetero) is 1. The molecule has 4 nitrogen and oxygen atoms in total. The van der Waals surface area contributed by atoms with Gasteiger partial charge in [-0.05, 0) is 45.0 Å². The van der Waals surface area contributed by atoms with Crippen LogP contribution in [0.3, 0.4) is 0 Å². The van der Waals surface area contributed by atoms with Gasteiger partial charge in [-0.15, -0.1) is 11.3 Å². The molecule has 0 bridgehead atoms. The van der Waals surface area contributed by atoms with Gasteiger partial charge in [0.05, 0.1) is 17.0 Å². The van der Waals surface area contributed by atoms with Gasteiger partial charge in [0, 0.05) is 22.2 Å². The van der Waals surface area contributed by atoms with E-state index in [-0.39, 0.29) is 11.3 Å². The second-order valence-electron chi connectivity index (χ2n) is 7.51. The number of nitrogens with zero attached hydrogens (tertiary/aromatic N) is 2. The molecule has 2 aromatic carbocycles. The molecule has 0 saturated heterocycles. The van der Waals surface area contributed by atoms with Gasteiger partial charge in [-0.1, -0.05) is 54.1 Å². The lowest BCUT2D eigenvalue weighted by Crippen LogP contribution is -2.25. The molecule has 0 aliphatic carbocycles. The molecule has 0 saturated carbocycles. The van der Waals surface area contributed by atoms with Crippen molar-refractivity contribution >= 4 is 23.2 Å². The van der Waals surface area contributed by atoms with Crippen LogP contribution in [0.5, 0.6) is 0 Å². The van der Waals surface area contributed by atoms with Crippen molar-refractivity contribution in [2.75, 3.05) is 0 Å². The highest BCUT2D eigenvalue weighted by Crippen LogP contribution is 2.29. The Balaban J connectivity index is 2.00. The zero-order chi connectivity index (χ0) is 22.0. The van der Waals surface area contributed by atoms with E-state index >= 15 is 0 Å². The van der Waals surface area contributed by atoms with E-state index in [2.05, 4.69) is 0 Å². The van der Waals surface area contributed by atoms with E-state index in [9.17, 15) is 9.59 Å². The zero-order valence-corrected chi connectivity index (χ0v) is 18.4. The van der Waals surface area contributed by atoms with Crippen LogP contribution in [0.2, 0.25) is 0 Å². The number of allylic oxidation sites excluding steroid dienone is 1. The summed E-state index contributed by atoms with van der Waals surface area (Å²) in [6, 6.07) is 20.9. The molecule has 0 unspecified atom stereocenters. The molecule has 2 heterocycles. The van der Waals surface area contributed by atoms with Gasteiger partial charge in [-0.2, -0.15) is 0 Å². The van der Waals surface area contributed by atoms with Crippen LogP contribution < -0.4 is 5.56 Å². The van der Waals surface area contributed by atoms with Crippen LogP contribution in [0.15, 0.2) is 82.5 Å². The number of hydrogen-bond acceptors (Lipinski definition) is 4. The SMILES string of the molecule is CC(=O)c1cc(-c2nc(-c3ccccc3)cs2)c(=O)n(-c2ccccc2)c1C=C(C)C. The Hall–Kier alpha value is -3.57. The number of para-hydroxylation sites is 1. The topological polar surface area (TPSA) is 52.0 Å². The molecule has 0 aliphatic heterocycles. The fraction of sp³-hybridized carbons (Fsp3) is 0.115. The highest BCUT2D eigenvalue weighted by atomic mass is 32.1. The van der Waals surface area contributed by atoms with Gasteiger partial charge in [0.2, 0.25) is 0 Å². The van der Waals surface area contributed by atoms with E-state index in [1.807, 2.05) is 86.0 Å². The molecule has 0 spiro atoms. The average Bonchev–Trinajstić information content (AvgIpc) is 3.25. The fourth-order valence-electron chi connectivity index (χ4n) is 3.45. The smallest absolute Gasteiger partial charge is 0.265 e. The third kappa shape index (κ3) is 4.18. The zero-order valence-electron chi connectivity index (χ0n) is 17.6. The quantitative estimate of drug-likeness (QED) is 0.354. The Bertz CT molecular complexity index is 1330. The largest absolute Gasteiger partial charge is 0.294 e. The first-order valence-corrected chi connectivity index (χ1v) is 10.9. The van der Waals surface area contributed by atoms with Gasteiger partial charge >= 0.3 is 0 Å². The molecular weight excluding hydrogens is 404 g/mol. The van der Waals surface area contributed by atoms with Crippen LogP contribution in [-0.4, -0.2) is 15.3 Å². The van der Waals surface area contributed by atoms with Crippen LogP contribution >= 0.6 is 11.3 Å². The van der Waals surface area contributed by atoms with Crippen LogP contribution in [0.25, 0.3) is 33.6 Å². The molecule has 31 heavy (non-hydrogen) atoms. The average molecular weight is 427 g/mol. The summed E-state index contributed by atoms with van der Waals surface area (Å²) in [7, 11) is 0. The normalized spacial score (nSPS) is 10.7. The second-order valence-corrected chi connectivity index (χ2v) is 8.37. The Labute approximate surface area is 185 Å². The number of ketones is 1. The fourth-order valence-corrected chi connectivity index (χ4v) is 4.29. The molecule has 4 rings (SSSR count). The van der Waals surface area contributed by atoms with Gasteiger partial charge in [-0.25, -0.2) is 4.98 Å². The summed E-state index contributed by atoms with van der Waals surface area (Å²) < 4.78 is 1.61. The first-order chi connectivity index (χ1) is 15.0. The van der Waals surface area contributed by atoms with Crippen molar-refractivity contribution in [3.05, 3.63) is 99.3 Å². The third-order valence-corrected chi connectivity index (χ3v) is 5.74. The Morgan fingerprint density at radius 1 is 0.968 bits per heavy atom. The van der Waals surface area contributed by atoms with Crippen molar-refractivity contribution in [3.8, 4) is 27.5 Å². The number of carbonyl (C=O) groups is 1. The van der Waals surface area contributed by atoms with Gasteiger partial charge in [0.25, 0.3) is 5.56 Å². The highest BCUT2D eigenvalue weighted by Gasteiger charge is 2.20. The van der Waals surface area contributed by atoms with Gasteiger partial charge < -0.3 is 0 Å². The van der Waals surface area contributed by atoms with Crippen LogP contribution in [-0.2, 0) is 0 Å². The van der Waals surface area contributed by atoms with E-state index in [1.165, 1.54) is 18.3 Å². The summed E-state index contributed by atoms with van der Waals surface area (Å²) in [5, 5.41) is 2.54. The maximum absolute atomic E-state index is 13.7. The summed E-state index contributed by atoms with van der Waals surface area (Å²) in [4.78, 5) is 31.0. The maximum Gasteiger partial charge on any atom is 0.265 e. The van der Waals surface area contributed by atoms with Crippen LogP contribution in [0, 0.1) is 0 Å². The summed E-state index contributed by atoms with van der Waals surface area (Å²) >= 11 is 1.40. The molecule has 5 heteroatoms. The van der Waals surface area contributed by atoms with Crippen molar-refractivity contribution in [1.29, 1.82) is 0 Å². The van der Waals surface area contributed by atoms with E-state index < -0.39 is 0 Å². The molecule has 154 valence electrons. The number of aromatic nitrogens is 2. The minimum absolute atomic E-state index is 0.0988. The molecule has 0 aliphatic rings. The lowest BCUT2D eigenvalue weighted by molar-refractivity contribution is 0.101. The van der Waals surface area contributed by atoms with E-state index in [0.717, 1.165) is 16.8 Å². The first kappa shape index (κ1) is 20.7. The Morgan fingerprint density at radius 3 is 2.23 bits per heavy atom. The number of carbonyl (C=O) groups excluding carboxylic acids is 1. The van der Waals surface area contributed by atoms with E-state index in [4.69, 9.17) is 4.98 Å². The second kappa shape index (κ2) is 8.66. The summed E-state index contributed by atoms with van der Waals surface area (Å²) in [6.45, 7) is 5.42. The molecule has 0 amide bonds. The monoisotopic (exact) mass is 426 g/mol. The summed E-state index contributed by atoms with van der Waals surface area (Å²) in [6.07, 6.45) is 1.88. The third-order valence-electron chi connectivity index (χ3n) is 4.86. The Kier molecular flexibility index (Phi) is 5.78. The van der Waals surface area contributed by atoms with Crippen molar-refractivity contribution < 1.29 is 4.79 Å². The van der Waals surface area contributed by atoms with Crippen molar-refractivity contribution in [2.24, 2.45) is 0 Å². The molecular formula is C26H22N2O2S. The number of pyridine rings is 1.